The molecule has 0 aliphatic carbocycles. The van der Waals surface area contributed by atoms with Gasteiger partial charge in [0.1, 0.15) is 0 Å². The lowest BCUT2D eigenvalue weighted by atomic mass is 10.2. The van der Waals surface area contributed by atoms with Crippen molar-refractivity contribution in [3.05, 3.63) is 58.1 Å². The van der Waals surface area contributed by atoms with Crippen LogP contribution in [-0.4, -0.2) is 64.3 Å². The SMILES string of the molecule is COCCN(CCOC)S(=O)(=O)c1ccc(SCc2cccc(Br)c2)c(C(=O)O)c1. The van der Waals surface area contributed by atoms with Crippen molar-refractivity contribution >= 4 is 43.7 Å². The smallest absolute Gasteiger partial charge is 0.336 e. The summed E-state index contributed by atoms with van der Waals surface area (Å²) in [5.41, 5.74) is 0.974. The number of sulfonamides is 1. The summed E-state index contributed by atoms with van der Waals surface area (Å²) in [5, 5.41) is 9.65. The molecular weight excluding hydrogens is 494 g/mol. The molecule has 0 saturated heterocycles. The molecule has 0 fully saturated rings. The first-order valence-corrected chi connectivity index (χ1v) is 12.2. The van der Waals surface area contributed by atoms with Gasteiger partial charge in [-0.15, -0.1) is 11.8 Å². The average Bonchev–Trinajstić information content (AvgIpc) is 2.72. The quantitative estimate of drug-likeness (QED) is 0.428. The second-order valence-corrected chi connectivity index (χ2v) is 10.1. The summed E-state index contributed by atoms with van der Waals surface area (Å²) >= 11 is 4.76. The van der Waals surface area contributed by atoms with Gasteiger partial charge in [0, 0.05) is 42.4 Å². The van der Waals surface area contributed by atoms with Gasteiger partial charge in [0.15, 0.2) is 0 Å². The van der Waals surface area contributed by atoms with Crippen LogP contribution >= 0.6 is 27.7 Å². The van der Waals surface area contributed by atoms with Crippen LogP contribution in [0.1, 0.15) is 15.9 Å². The highest BCUT2D eigenvalue weighted by Gasteiger charge is 2.26. The topological polar surface area (TPSA) is 93.1 Å². The number of benzene rings is 2. The van der Waals surface area contributed by atoms with E-state index < -0.39 is 16.0 Å². The zero-order chi connectivity index (χ0) is 22.1. The molecule has 0 atom stereocenters. The molecule has 30 heavy (non-hydrogen) atoms. The third kappa shape index (κ3) is 6.79. The monoisotopic (exact) mass is 517 g/mol. The minimum atomic E-state index is -3.90. The number of carbonyl (C=O) groups is 1. The Morgan fingerprint density at radius 1 is 1.10 bits per heavy atom. The highest BCUT2D eigenvalue weighted by Crippen LogP contribution is 2.30. The Bertz CT molecular complexity index is 960. The molecule has 2 rings (SSSR count). The Kier molecular flexibility index (Phi) is 9.79. The van der Waals surface area contributed by atoms with E-state index in [0.717, 1.165) is 10.0 Å². The third-order valence-electron chi connectivity index (χ3n) is 4.19. The summed E-state index contributed by atoms with van der Waals surface area (Å²) in [6, 6.07) is 11.9. The summed E-state index contributed by atoms with van der Waals surface area (Å²) in [6.07, 6.45) is 0. The van der Waals surface area contributed by atoms with E-state index in [0.29, 0.717) is 10.6 Å². The predicted molar refractivity (Wildman–Crippen MR) is 120 cm³/mol. The van der Waals surface area contributed by atoms with Crippen LogP contribution < -0.4 is 0 Å². The van der Waals surface area contributed by atoms with Gasteiger partial charge in [-0.05, 0) is 35.9 Å². The summed E-state index contributed by atoms with van der Waals surface area (Å²) in [5.74, 6) is -0.622. The van der Waals surface area contributed by atoms with Crippen LogP contribution in [0.15, 0.2) is 56.7 Å². The van der Waals surface area contributed by atoms with Gasteiger partial charge in [0.05, 0.1) is 23.7 Å². The van der Waals surface area contributed by atoms with E-state index in [1.807, 2.05) is 24.3 Å². The highest BCUT2D eigenvalue weighted by atomic mass is 79.9. The average molecular weight is 518 g/mol. The lowest BCUT2D eigenvalue weighted by Crippen LogP contribution is -2.36. The molecule has 0 heterocycles. The summed E-state index contributed by atoms with van der Waals surface area (Å²) < 4.78 is 38.3. The molecule has 164 valence electrons. The van der Waals surface area contributed by atoms with Crippen molar-refractivity contribution in [3.8, 4) is 0 Å². The molecule has 1 N–H and O–H groups in total. The number of halogens is 1. The maximum atomic E-state index is 13.1. The van der Waals surface area contributed by atoms with E-state index in [9.17, 15) is 18.3 Å². The van der Waals surface area contributed by atoms with Crippen molar-refractivity contribution in [3.63, 3.8) is 0 Å². The van der Waals surface area contributed by atoms with Gasteiger partial charge < -0.3 is 14.6 Å². The van der Waals surface area contributed by atoms with Crippen LogP contribution in [0.2, 0.25) is 0 Å². The molecule has 0 aliphatic rings. The van der Waals surface area contributed by atoms with Gasteiger partial charge in [-0.2, -0.15) is 4.31 Å². The van der Waals surface area contributed by atoms with Crippen molar-refractivity contribution in [1.82, 2.24) is 4.31 Å². The Morgan fingerprint density at radius 3 is 2.33 bits per heavy atom. The fourth-order valence-corrected chi connectivity index (χ4v) is 5.49. The summed E-state index contributed by atoms with van der Waals surface area (Å²) in [7, 11) is -0.922. The number of nitrogens with zero attached hydrogens (tertiary/aromatic N) is 1. The first-order chi connectivity index (χ1) is 14.3. The maximum Gasteiger partial charge on any atom is 0.336 e. The van der Waals surface area contributed by atoms with Gasteiger partial charge in [0.25, 0.3) is 0 Å². The van der Waals surface area contributed by atoms with Gasteiger partial charge in [-0.25, -0.2) is 13.2 Å². The highest BCUT2D eigenvalue weighted by molar-refractivity contribution is 9.10. The molecule has 10 heteroatoms. The predicted octanol–water partition coefficient (Wildman–Crippen LogP) is 3.72. The molecular formula is C20H24BrNO6S2. The molecule has 2 aromatic rings. The van der Waals surface area contributed by atoms with Crippen molar-refractivity contribution in [1.29, 1.82) is 0 Å². The molecule has 0 aliphatic heterocycles. The standard InChI is InChI=1S/C20H24BrNO6S2/c1-27-10-8-22(9-11-28-2)30(25,26)17-6-7-19(18(13-17)20(23)24)29-14-15-4-3-5-16(21)12-15/h3-7,12-13H,8-11,14H2,1-2H3,(H,23,24). The number of hydrogen-bond acceptors (Lipinski definition) is 6. The van der Waals surface area contributed by atoms with E-state index >= 15 is 0 Å². The molecule has 0 saturated carbocycles. The van der Waals surface area contributed by atoms with Crippen LogP contribution in [0, 0.1) is 0 Å². The van der Waals surface area contributed by atoms with E-state index in [1.165, 1.54) is 42.4 Å². The fourth-order valence-electron chi connectivity index (χ4n) is 2.64. The second-order valence-electron chi connectivity index (χ2n) is 6.27. The van der Waals surface area contributed by atoms with E-state index in [4.69, 9.17) is 9.47 Å². The third-order valence-corrected chi connectivity index (χ3v) is 7.72. The first kappa shape index (κ1) is 24.8. The molecule has 0 aromatic heterocycles. The van der Waals surface area contributed by atoms with Crippen LogP contribution in [0.4, 0.5) is 0 Å². The van der Waals surface area contributed by atoms with E-state index in [-0.39, 0.29) is 36.8 Å². The number of hydrogen-bond donors (Lipinski definition) is 1. The van der Waals surface area contributed by atoms with Crippen molar-refractivity contribution < 1.29 is 27.8 Å². The zero-order valence-corrected chi connectivity index (χ0v) is 19.9. The van der Waals surface area contributed by atoms with E-state index in [2.05, 4.69) is 15.9 Å². The zero-order valence-electron chi connectivity index (χ0n) is 16.7. The van der Waals surface area contributed by atoms with Crippen molar-refractivity contribution in [2.45, 2.75) is 15.5 Å². The number of thioether (sulfide) groups is 1. The van der Waals surface area contributed by atoms with Crippen molar-refractivity contribution in [2.75, 3.05) is 40.5 Å². The molecule has 0 bridgehead atoms. The molecule has 0 spiro atoms. The number of ether oxygens (including phenoxy) is 2. The number of carboxylic acid groups (broad SMARTS) is 1. The van der Waals surface area contributed by atoms with Gasteiger partial charge in [-0.1, -0.05) is 28.1 Å². The Balaban J connectivity index is 2.30. The fraction of sp³-hybridized carbons (Fsp3) is 0.350. The molecule has 0 radical (unpaired) electrons. The molecule has 0 amide bonds. The maximum absolute atomic E-state index is 13.1. The number of rotatable bonds is 12. The summed E-state index contributed by atoms with van der Waals surface area (Å²) in [4.78, 5) is 12.2. The van der Waals surface area contributed by atoms with E-state index in [1.54, 1.807) is 6.07 Å². The number of methoxy groups -OCH3 is 2. The lowest BCUT2D eigenvalue weighted by molar-refractivity contribution is 0.0692. The van der Waals surface area contributed by atoms with Gasteiger partial charge in [0.2, 0.25) is 10.0 Å². The van der Waals surface area contributed by atoms with Gasteiger partial charge in [-0.3, -0.25) is 0 Å². The molecule has 0 unspecified atom stereocenters. The molecule has 7 nitrogen and oxygen atoms in total. The minimum absolute atomic E-state index is 0.0468. The van der Waals surface area contributed by atoms with Crippen LogP contribution in [0.5, 0.6) is 0 Å². The largest absolute Gasteiger partial charge is 0.478 e. The van der Waals surface area contributed by atoms with Crippen LogP contribution in [0.25, 0.3) is 0 Å². The van der Waals surface area contributed by atoms with Gasteiger partial charge >= 0.3 is 5.97 Å². The summed E-state index contributed by atoms with van der Waals surface area (Å²) in [6.45, 7) is 0.721. The first-order valence-electron chi connectivity index (χ1n) is 9.02. The Hall–Kier alpha value is -1.43. The number of carboxylic acids is 1. The second kappa shape index (κ2) is 11.8. The van der Waals surface area contributed by atoms with Crippen LogP contribution in [-0.2, 0) is 25.2 Å². The Morgan fingerprint density at radius 2 is 1.77 bits per heavy atom. The van der Waals surface area contributed by atoms with Crippen molar-refractivity contribution in [2.24, 2.45) is 0 Å². The lowest BCUT2D eigenvalue weighted by Gasteiger charge is -2.22. The molecule has 2 aromatic carbocycles. The Labute approximate surface area is 189 Å². The minimum Gasteiger partial charge on any atom is -0.478 e. The number of aromatic carboxylic acids is 1. The van der Waals surface area contributed by atoms with Crippen LogP contribution in [0.3, 0.4) is 0 Å². The normalized spacial score (nSPS) is 11.7.